The monoisotopic (exact) mass is 363 g/mol. The number of aliphatic imine (C=N–C) groups is 1. The van der Waals surface area contributed by atoms with Crippen LogP contribution in [-0.2, 0) is 0 Å². The van der Waals surface area contributed by atoms with Gasteiger partial charge in [-0.2, -0.15) is 0 Å². The third-order valence-electron chi connectivity index (χ3n) is 4.54. The maximum absolute atomic E-state index is 13.1. The lowest BCUT2D eigenvalue weighted by molar-refractivity contribution is 0.356. The minimum atomic E-state index is -0.270. The summed E-state index contributed by atoms with van der Waals surface area (Å²) in [5, 5.41) is 2.01. The summed E-state index contributed by atoms with van der Waals surface area (Å²) < 4.78 is 25.8. The van der Waals surface area contributed by atoms with Crippen molar-refractivity contribution in [3.63, 3.8) is 0 Å². The van der Waals surface area contributed by atoms with Crippen LogP contribution in [0.2, 0.25) is 0 Å². The Morgan fingerprint density at radius 3 is 2.44 bits per heavy atom. The Morgan fingerprint density at radius 1 is 1.04 bits per heavy atom. The van der Waals surface area contributed by atoms with E-state index in [9.17, 15) is 4.39 Å². The van der Waals surface area contributed by atoms with Crippen LogP contribution < -0.4 is 9.47 Å². The van der Waals surface area contributed by atoms with E-state index >= 15 is 0 Å². The van der Waals surface area contributed by atoms with E-state index in [0.717, 1.165) is 27.6 Å². The zero-order valence-corrected chi connectivity index (χ0v) is 15.2. The van der Waals surface area contributed by atoms with Gasteiger partial charge in [-0.25, -0.2) is 14.4 Å². The summed E-state index contributed by atoms with van der Waals surface area (Å²) in [5.41, 5.74) is 2.52. The Balaban J connectivity index is 1.85. The number of aromatic nitrogens is 2. The van der Waals surface area contributed by atoms with Gasteiger partial charge in [0.05, 0.1) is 25.9 Å². The van der Waals surface area contributed by atoms with E-state index in [2.05, 4.69) is 9.98 Å². The lowest BCUT2D eigenvalue weighted by Gasteiger charge is -2.10. The molecule has 4 aromatic rings. The molecule has 0 amide bonds. The lowest BCUT2D eigenvalue weighted by atomic mass is 10.1. The second-order valence-electron chi connectivity index (χ2n) is 6.13. The van der Waals surface area contributed by atoms with Gasteiger partial charge >= 0.3 is 0 Å². The Labute approximate surface area is 155 Å². The maximum atomic E-state index is 13.1. The maximum Gasteiger partial charge on any atom is 0.234 e. The van der Waals surface area contributed by atoms with Crippen molar-refractivity contribution >= 4 is 27.9 Å². The van der Waals surface area contributed by atoms with Gasteiger partial charge in [0.1, 0.15) is 5.82 Å². The molecule has 0 aliphatic rings. The van der Waals surface area contributed by atoms with Crippen molar-refractivity contribution in [1.29, 1.82) is 0 Å². The molecule has 0 fully saturated rings. The first-order chi connectivity index (χ1) is 13.1. The molecule has 0 aliphatic carbocycles. The van der Waals surface area contributed by atoms with E-state index in [0.29, 0.717) is 17.4 Å². The van der Waals surface area contributed by atoms with Crippen molar-refractivity contribution in [2.24, 2.45) is 4.99 Å². The second kappa shape index (κ2) is 6.72. The van der Waals surface area contributed by atoms with Crippen LogP contribution in [0.3, 0.4) is 0 Å². The van der Waals surface area contributed by atoms with Gasteiger partial charge in [-0.05, 0) is 48.2 Å². The number of nitrogens with zero attached hydrogens (tertiary/aromatic N) is 3. The van der Waals surface area contributed by atoms with Crippen LogP contribution in [0.1, 0.15) is 12.5 Å². The average Bonchev–Trinajstić information content (AvgIpc) is 3.10. The van der Waals surface area contributed by atoms with Gasteiger partial charge in [-0.15, -0.1) is 0 Å². The van der Waals surface area contributed by atoms with Crippen LogP contribution in [-0.4, -0.2) is 29.3 Å². The van der Waals surface area contributed by atoms with Crippen LogP contribution in [0.4, 0.5) is 10.3 Å². The fourth-order valence-electron chi connectivity index (χ4n) is 3.09. The summed E-state index contributed by atoms with van der Waals surface area (Å²) in [5.74, 6) is 1.63. The van der Waals surface area contributed by atoms with Gasteiger partial charge in [-0.3, -0.25) is 4.40 Å². The number of methoxy groups -OCH3 is 2. The van der Waals surface area contributed by atoms with Crippen LogP contribution in [0.25, 0.3) is 16.3 Å². The first kappa shape index (κ1) is 17.0. The predicted molar refractivity (Wildman–Crippen MR) is 104 cm³/mol. The van der Waals surface area contributed by atoms with Gasteiger partial charge in [0.25, 0.3) is 0 Å². The molecule has 2 aromatic heterocycles. The molecule has 0 N–H and O–H groups in total. The number of hydrogen-bond acceptors (Lipinski definition) is 4. The molecule has 0 saturated carbocycles. The molecular weight excluding hydrogens is 345 g/mol. The molecule has 5 nitrogen and oxygen atoms in total. The van der Waals surface area contributed by atoms with E-state index < -0.39 is 0 Å². The summed E-state index contributed by atoms with van der Waals surface area (Å²) in [4.78, 5) is 9.08. The van der Waals surface area contributed by atoms with E-state index in [1.165, 1.54) is 12.1 Å². The molecule has 4 rings (SSSR count). The van der Waals surface area contributed by atoms with E-state index in [1.54, 1.807) is 32.5 Å². The summed E-state index contributed by atoms with van der Waals surface area (Å²) in [7, 11) is 3.23. The Kier molecular flexibility index (Phi) is 4.24. The number of hydrogen-bond donors (Lipinski definition) is 0. The predicted octanol–water partition coefficient (Wildman–Crippen LogP) is 4.78. The van der Waals surface area contributed by atoms with Crippen LogP contribution >= 0.6 is 0 Å². The summed E-state index contributed by atoms with van der Waals surface area (Å²) in [6.45, 7) is 1.88. The highest BCUT2D eigenvalue weighted by Crippen LogP contribution is 2.34. The minimum Gasteiger partial charge on any atom is -0.493 e. The number of imidazole rings is 1. The molecule has 2 aromatic carbocycles. The second-order valence-corrected chi connectivity index (χ2v) is 6.13. The molecule has 0 unspecified atom stereocenters. The quantitative estimate of drug-likeness (QED) is 0.490. The first-order valence-electron chi connectivity index (χ1n) is 8.43. The van der Waals surface area contributed by atoms with E-state index in [-0.39, 0.29) is 5.82 Å². The van der Waals surface area contributed by atoms with Crippen molar-refractivity contribution in [2.45, 2.75) is 6.92 Å². The molecule has 136 valence electrons. The topological polar surface area (TPSA) is 48.1 Å². The fourth-order valence-corrected chi connectivity index (χ4v) is 3.09. The van der Waals surface area contributed by atoms with Gasteiger partial charge in [-0.1, -0.05) is 12.1 Å². The Morgan fingerprint density at radius 2 is 1.74 bits per heavy atom. The van der Waals surface area contributed by atoms with Crippen molar-refractivity contribution < 1.29 is 13.9 Å². The molecule has 0 saturated heterocycles. The summed E-state index contributed by atoms with van der Waals surface area (Å²) in [6.07, 6.45) is 3.71. The standard InChI is InChI=1S/C21H18FN3O2/c1-13(14-4-6-16(22)7-5-14)24-21-23-12-18-17-11-20(27-3)19(26-2)10-15(17)8-9-25(18)21/h4-12H,1-3H3. The molecule has 6 heteroatoms. The lowest BCUT2D eigenvalue weighted by Crippen LogP contribution is -1.95. The minimum absolute atomic E-state index is 0.270. The van der Waals surface area contributed by atoms with Crippen LogP contribution in [0.5, 0.6) is 11.5 Å². The van der Waals surface area contributed by atoms with Gasteiger partial charge in [0, 0.05) is 17.3 Å². The first-order valence-corrected chi connectivity index (χ1v) is 8.43. The van der Waals surface area contributed by atoms with Crippen molar-refractivity contribution in [2.75, 3.05) is 14.2 Å². The molecule has 0 aliphatic heterocycles. The zero-order chi connectivity index (χ0) is 19.0. The van der Waals surface area contributed by atoms with Gasteiger partial charge < -0.3 is 9.47 Å². The molecule has 2 heterocycles. The Bertz CT molecular complexity index is 1160. The third-order valence-corrected chi connectivity index (χ3v) is 4.54. The van der Waals surface area contributed by atoms with Crippen molar-refractivity contribution in [3.05, 3.63) is 66.2 Å². The third kappa shape index (κ3) is 2.99. The number of benzene rings is 2. The highest BCUT2D eigenvalue weighted by atomic mass is 19.1. The Hall–Kier alpha value is -3.41. The summed E-state index contributed by atoms with van der Waals surface area (Å²) >= 11 is 0. The van der Waals surface area contributed by atoms with Crippen molar-refractivity contribution in [1.82, 2.24) is 9.38 Å². The van der Waals surface area contributed by atoms with Crippen LogP contribution in [0.15, 0.2) is 59.9 Å². The molecule has 0 atom stereocenters. The number of halogens is 1. The molecule has 0 bridgehead atoms. The SMILES string of the molecule is COc1cc2ccn3c(N=C(C)c4ccc(F)cc4)ncc3c2cc1OC. The smallest absolute Gasteiger partial charge is 0.234 e. The van der Waals surface area contributed by atoms with Gasteiger partial charge in [0.2, 0.25) is 5.95 Å². The number of pyridine rings is 1. The summed E-state index contributed by atoms with van der Waals surface area (Å²) in [6, 6.07) is 12.1. The van der Waals surface area contributed by atoms with Gasteiger partial charge in [0.15, 0.2) is 11.5 Å². The zero-order valence-electron chi connectivity index (χ0n) is 15.2. The molecular formula is C21H18FN3O2. The van der Waals surface area contributed by atoms with Crippen LogP contribution in [0, 0.1) is 5.82 Å². The molecule has 0 spiro atoms. The van der Waals surface area contributed by atoms with E-state index in [4.69, 9.17) is 9.47 Å². The molecule has 27 heavy (non-hydrogen) atoms. The highest BCUT2D eigenvalue weighted by Gasteiger charge is 2.11. The number of rotatable bonds is 4. The fraction of sp³-hybridized carbons (Fsp3) is 0.143. The number of ether oxygens (including phenoxy) is 2. The highest BCUT2D eigenvalue weighted by molar-refractivity contribution is 6.01. The largest absolute Gasteiger partial charge is 0.493 e. The molecule has 0 radical (unpaired) electrons. The average molecular weight is 363 g/mol. The number of fused-ring (bicyclic) bond motifs is 3. The normalized spacial score (nSPS) is 11.9. The van der Waals surface area contributed by atoms with E-state index in [1.807, 2.05) is 35.7 Å². The van der Waals surface area contributed by atoms with Crippen molar-refractivity contribution in [3.8, 4) is 11.5 Å².